The molecular weight excluding hydrogens is 649 g/mol. The number of aryl methyl sites for hydroxylation is 2. The Labute approximate surface area is 277 Å². The number of piperazine rings is 1. The number of amides is 2. The molecule has 4 aromatic heterocycles. The van der Waals surface area contributed by atoms with E-state index in [4.69, 9.17) is 4.74 Å². The molecule has 0 aromatic carbocycles. The number of rotatable bonds is 7. The zero-order valence-corrected chi connectivity index (χ0v) is 26.9. The molecule has 15 nitrogen and oxygen atoms in total. The maximum absolute atomic E-state index is 14.1. The third kappa shape index (κ3) is 6.49. The topological polar surface area (TPSA) is 173 Å². The van der Waals surface area contributed by atoms with Gasteiger partial charge in [-0.1, -0.05) is 6.92 Å². The Hall–Kier alpha value is -5.55. The molecule has 0 unspecified atom stereocenters. The van der Waals surface area contributed by atoms with E-state index in [9.17, 15) is 32.7 Å². The molecule has 2 N–H and O–H groups in total. The Morgan fingerprint density at radius 2 is 1.82 bits per heavy atom. The smallest absolute Gasteiger partial charge is 0.433 e. The number of allylic oxidation sites excluding steroid dienone is 1. The van der Waals surface area contributed by atoms with Crippen molar-refractivity contribution in [2.24, 2.45) is 0 Å². The standard InChI is InChI=1S/C31H33F3N10O5/c1-4-20-25(41-10-12-42(13-11-41)28(47)24-26(46)18(3)35-16-36-24)29(48)44-30(39-27(40-44)21-7-5-6-14-49-21)43(20)15-23(45)38-19-8-9-22(31(32,33)34)37-17(19)2/h7-9,16,46H,4-6,10-15H2,1-3H3,(H,38,45). The van der Waals surface area contributed by atoms with Crippen LogP contribution >= 0.6 is 0 Å². The molecule has 0 bridgehead atoms. The van der Waals surface area contributed by atoms with Gasteiger partial charge in [-0.3, -0.25) is 14.4 Å². The van der Waals surface area contributed by atoms with Crippen molar-refractivity contribution in [3.63, 3.8) is 0 Å². The molecule has 0 radical (unpaired) electrons. The number of carbonyl (C=O) groups is 2. The molecule has 0 aliphatic carbocycles. The number of pyridine rings is 1. The van der Waals surface area contributed by atoms with Crippen molar-refractivity contribution in [1.82, 2.24) is 39.0 Å². The molecule has 1 fully saturated rings. The zero-order chi connectivity index (χ0) is 35.0. The van der Waals surface area contributed by atoms with Crippen LogP contribution in [0.15, 0.2) is 29.3 Å². The van der Waals surface area contributed by atoms with Crippen LogP contribution in [-0.4, -0.2) is 88.7 Å². The van der Waals surface area contributed by atoms with Crippen molar-refractivity contribution in [2.45, 2.75) is 52.8 Å². The Bertz CT molecular complexity index is 2030. The van der Waals surface area contributed by atoms with E-state index in [1.165, 1.54) is 18.2 Å². The summed E-state index contributed by atoms with van der Waals surface area (Å²) in [6, 6.07) is 1.93. The lowest BCUT2D eigenvalue weighted by molar-refractivity contribution is -0.141. The maximum atomic E-state index is 14.1. The first-order chi connectivity index (χ1) is 23.4. The van der Waals surface area contributed by atoms with Gasteiger partial charge in [0, 0.05) is 26.2 Å². The minimum atomic E-state index is -4.64. The van der Waals surface area contributed by atoms with E-state index in [2.05, 4.69) is 30.4 Å². The van der Waals surface area contributed by atoms with E-state index in [1.54, 1.807) is 11.5 Å². The fraction of sp³-hybridized carbons (Fsp3) is 0.419. The number of fused-ring (bicyclic) bond motifs is 1. The summed E-state index contributed by atoms with van der Waals surface area (Å²) in [5.74, 6) is -0.704. The van der Waals surface area contributed by atoms with Crippen LogP contribution in [0.4, 0.5) is 24.5 Å². The van der Waals surface area contributed by atoms with Gasteiger partial charge in [0.05, 0.1) is 29.4 Å². The molecule has 0 saturated carbocycles. The van der Waals surface area contributed by atoms with Crippen LogP contribution in [0.2, 0.25) is 0 Å². The summed E-state index contributed by atoms with van der Waals surface area (Å²) in [4.78, 5) is 60.2. The fourth-order valence-corrected chi connectivity index (χ4v) is 5.84. The Morgan fingerprint density at radius 3 is 2.47 bits per heavy atom. The summed E-state index contributed by atoms with van der Waals surface area (Å²) in [6.07, 6.45) is 0.241. The molecular formula is C31H33F3N10O5. The maximum Gasteiger partial charge on any atom is 0.433 e. The SMILES string of the molecule is CCc1c(N2CCN(C(=O)c3ncnc(C)c3O)CC2)c(=O)n2nc(C3=CCCCO3)nc2n1CC(=O)Nc1ccc(C(F)(F)F)nc1C. The van der Waals surface area contributed by atoms with Crippen molar-refractivity contribution < 1.29 is 32.6 Å². The number of nitrogens with one attached hydrogen (secondary N) is 1. The van der Waals surface area contributed by atoms with Crippen LogP contribution in [0.5, 0.6) is 5.75 Å². The van der Waals surface area contributed by atoms with Gasteiger partial charge in [-0.2, -0.15) is 22.7 Å². The van der Waals surface area contributed by atoms with E-state index in [0.29, 0.717) is 24.5 Å². The summed E-state index contributed by atoms with van der Waals surface area (Å²) in [5.41, 5.74) is -0.592. The summed E-state index contributed by atoms with van der Waals surface area (Å²) in [6.45, 7) is 5.71. The van der Waals surface area contributed by atoms with E-state index in [-0.39, 0.29) is 78.5 Å². The summed E-state index contributed by atoms with van der Waals surface area (Å²) < 4.78 is 47.9. The second-order valence-corrected chi connectivity index (χ2v) is 11.6. The van der Waals surface area contributed by atoms with Crippen LogP contribution in [0.1, 0.15) is 58.9 Å². The summed E-state index contributed by atoms with van der Waals surface area (Å²) >= 11 is 0. The first-order valence-corrected chi connectivity index (χ1v) is 15.6. The van der Waals surface area contributed by atoms with E-state index in [1.807, 2.05) is 17.9 Å². The predicted molar refractivity (Wildman–Crippen MR) is 169 cm³/mol. The Kier molecular flexibility index (Phi) is 8.96. The van der Waals surface area contributed by atoms with Gasteiger partial charge in [0.25, 0.3) is 11.5 Å². The first kappa shape index (κ1) is 33.4. The van der Waals surface area contributed by atoms with Crippen LogP contribution in [0.25, 0.3) is 11.5 Å². The van der Waals surface area contributed by atoms with Crippen molar-refractivity contribution in [3.05, 3.63) is 69.2 Å². The number of aromatic hydroxyl groups is 1. The number of nitrogens with zero attached hydrogens (tertiary/aromatic N) is 9. The molecule has 1 saturated heterocycles. The van der Waals surface area contributed by atoms with Crippen molar-refractivity contribution in [3.8, 4) is 5.75 Å². The van der Waals surface area contributed by atoms with Crippen LogP contribution in [0.3, 0.4) is 0 Å². The lowest BCUT2D eigenvalue weighted by Crippen LogP contribution is -2.51. The minimum absolute atomic E-state index is 0.0198. The van der Waals surface area contributed by atoms with Crippen molar-refractivity contribution >= 4 is 34.7 Å². The quantitative estimate of drug-likeness (QED) is 0.294. The number of carbonyl (C=O) groups excluding carboxylic acids is 2. The van der Waals surface area contributed by atoms with E-state index < -0.39 is 29.2 Å². The number of ether oxygens (including phenoxy) is 1. The number of aromatic nitrogens is 7. The van der Waals surface area contributed by atoms with Gasteiger partial charge in [0.15, 0.2) is 17.2 Å². The highest BCUT2D eigenvalue weighted by Crippen LogP contribution is 2.30. The van der Waals surface area contributed by atoms with Gasteiger partial charge in [-0.25, -0.2) is 15.0 Å². The number of anilines is 2. The van der Waals surface area contributed by atoms with Gasteiger partial charge >= 0.3 is 6.18 Å². The monoisotopic (exact) mass is 682 g/mol. The Balaban J connectivity index is 1.35. The number of halogens is 3. The molecule has 2 amide bonds. The molecule has 2 aliphatic rings. The van der Waals surface area contributed by atoms with E-state index in [0.717, 1.165) is 29.5 Å². The molecule has 6 heterocycles. The van der Waals surface area contributed by atoms with Crippen molar-refractivity contribution in [2.75, 3.05) is 43.0 Å². The van der Waals surface area contributed by atoms with Crippen molar-refractivity contribution in [1.29, 1.82) is 0 Å². The third-order valence-corrected chi connectivity index (χ3v) is 8.36. The number of alkyl halides is 3. The zero-order valence-electron chi connectivity index (χ0n) is 26.9. The summed E-state index contributed by atoms with van der Waals surface area (Å²) in [5, 5.41) is 17.4. The first-order valence-electron chi connectivity index (χ1n) is 15.6. The molecule has 0 atom stereocenters. The lowest BCUT2D eigenvalue weighted by Gasteiger charge is -2.36. The summed E-state index contributed by atoms with van der Waals surface area (Å²) in [7, 11) is 0. The number of hydrogen-bond donors (Lipinski definition) is 2. The number of hydrogen-bond acceptors (Lipinski definition) is 11. The normalized spacial score (nSPS) is 15.3. The highest BCUT2D eigenvalue weighted by atomic mass is 19.4. The van der Waals surface area contributed by atoms with Gasteiger partial charge in [-0.15, -0.1) is 5.10 Å². The van der Waals surface area contributed by atoms with Gasteiger partial charge in [0.2, 0.25) is 17.5 Å². The van der Waals surface area contributed by atoms with Gasteiger partial charge in [0.1, 0.15) is 24.3 Å². The highest BCUT2D eigenvalue weighted by molar-refractivity contribution is 5.95. The minimum Gasteiger partial charge on any atom is -0.504 e. The van der Waals surface area contributed by atoms with Crippen LogP contribution < -0.4 is 15.8 Å². The largest absolute Gasteiger partial charge is 0.504 e. The molecule has 4 aromatic rings. The van der Waals surface area contributed by atoms with E-state index >= 15 is 0 Å². The average molecular weight is 683 g/mol. The fourth-order valence-electron chi connectivity index (χ4n) is 5.84. The molecule has 2 aliphatic heterocycles. The van der Waals surface area contributed by atoms with Crippen LogP contribution in [-0.2, 0) is 28.7 Å². The predicted octanol–water partition coefficient (Wildman–Crippen LogP) is 2.73. The second kappa shape index (κ2) is 13.2. The molecule has 258 valence electrons. The second-order valence-electron chi connectivity index (χ2n) is 11.6. The molecule has 49 heavy (non-hydrogen) atoms. The highest BCUT2D eigenvalue weighted by Gasteiger charge is 2.33. The van der Waals surface area contributed by atoms with Gasteiger partial charge < -0.3 is 29.5 Å². The molecule has 0 spiro atoms. The van der Waals surface area contributed by atoms with Crippen LogP contribution in [0, 0.1) is 13.8 Å². The Morgan fingerprint density at radius 1 is 1.06 bits per heavy atom. The van der Waals surface area contributed by atoms with Gasteiger partial charge in [-0.05, 0) is 51.3 Å². The average Bonchev–Trinajstić information content (AvgIpc) is 3.54. The molecule has 18 heteroatoms. The lowest BCUT2D eigenvalue weighted by atomic mass is 10.2. The molecule has 6 rings (SSSR count). The third-order valence-electron chi connectivity index (χ3n) is 8.36.